The molecule has 0 aromatic carbocycles. The van der Waals surface area contributed by atoms with Gasteiger partial charge in [0, 0.05) is 18.3 Å². The molecule has 0 atom stereocenters. The average molecular weight is 212 g/mol. The predicted octanol–water partition coefficient (Wildman–Crippen LogP) is 1.09. The van der Waals surface area contributed by atoms with Crippen LogP contribution in [0.3, 0.4) is 0 Å². The minimum atomic E-state index is -0.526. The van der Waals surface area contributed by atoms with Gasteiger partial charge in [-0.25, -0.2) is 4.79 Å². The van der Waals surface area contributed by atoms with Crippen LogP contribution in [0.5, 0.6) is 0 Å². The molecule has 0 saturated carbocycles. The summed E-state index contributed by atoms with van der Waals surface area (Å²) in [6.45, 7) is 0. The molecule has 5 nitrogen and oxygen atoms in total. The number of nitrogens with zero attached hydrogens (tertiary/aromatic N) is 3. The van der Waals surface area contributed by atoms with E-state index in [0.29, 0.717) is 10.7 Å². The monoisotopic (exact) mass is 211 g/mol. The highest BCUT2D eigenvalue weighted by molar-refractivity contribution is 6.30. The molecule has 0 radical (unpaired) electrons. The second-order valence-electron chi connectivity index (χ2n) is 2.66. The predicted molar refractivity (Wildman–Crippen MR) is 50.0 cm³/mol. The fourth-order valence-corrected chi connectivity index (χ4v) is 1.13. The zero-order valence-corrected chi connectivity index (χ0v) is 8.02. The van der Waals surface area contributed by atoms with E-state index in [-0.39, 0.29) is 5.89 Å². The standard InChI is InChI=1S/C8H6ClN3O2/c1-12-8(13)14-7(11-12)6-4-5(9)2-3-10-6/h2-4H,1H3. The summed E-state index contributed by atoms with van der Waals surface area (Å²) in [5.41, 5.74) is 0.440. The Bertz CT molecular complexity index is 517. The Balaban J connectivity index is 2.54. The van der Waals surface area contributed by atoms with E-state index in [1.807, 2.05) is 0 Å². The molecular weight excluding hydrogens is 206 g/mol. The van der Waals surface area contributed by atoms with E-state index in [2.05, 4.69) is 10.1 Å². The number of hydrogen-bond acceptors (Lipinski definition) is 4. The zero-order valence-electron chi connectivity index (χ0n) is 7.27. The first-order valence-electron chi connectivity index (χ1n) is 3.83. The van der Waals surface area contributed by atoms with Crippen molar-refractivity contribution in [3.05, 3.63) is 33.9 Å². The Hall–Kier alpha value is -1.62. The Morgan fingerprint density at radius 2 is 2.36 bits per heavy atom. The van der Waals surface area contributed by atoms with Crippen molar-refractivity contribution < 1.29 is 4.42 Å². The van der Waals surface area contributed by atoms with Crippen molar-refractivity contribution in [2.24, 2.45) is 7.05 Å². The smallest absolute Gasteiger partial charge is 0.386 e. The quantitative estimate of drug-likeness (QED) is 0.709. The lowest BCUT2D eigenvalue weighted by Gasteiger charge is -1.92. The Morgan fingerprint density at radius 1 is 1.57 bits per heavy atom. The van der Waals surface area contributed by atoms with Gasteiger partial charge in [0.25, 0.3) is 5.89 Å². The molecule has 0 saturated heterocycles. The van der Waals surface area contributed by atoms with Crippen LogP contribution in [-0.4, -0.2) is 14.8 Å². The van der Waals surface area contributed by atoms with Crippen LogP contribution in [0, 0.1) is 0 Å². The van der Waals surface area contributed by atoms with E-state index in [1.54, 1.807) is 12.1 Å². The third-order valence-corrected chi connectivity index (χ3v) is 1.87. The summed E-state index contributed by atoms with van der Waals surface area (Å²) in [5.74, 6) is -0.359. The summed E-state index contributed by atoms with van der Waals surface area (Å²) < 4.78 is 5.93. The highest BCUT2D eigenvalue weighted by atomic mass is 35.5. The SMILES string of the molecule is Cn1nc(-c2cc(Cl)ccn2)oc1=O. The van der Waals surface area contributed by atoms with E-state index in [1.165, 1.54) is 13.2 Å². The number of pyridine rings is 1. The number of halogens is 1. The van der Waals surface area contributed by atoms with Crippen LogP contribution in [0.15, 0.2) is 27.5 Å². The molecule has 2 heterocycles. The molecule has 0 unspecified atom stereocenters. The van der Waals surface area contributed by atoms with Gasteiger partial charge in [0.1, 0.15) is 5.69 Å². The van der Waals surface area contributed by atoms with Crippen LogP contribution in [-0.2, 0) is 7.05 Å². The maximum atomic E-state index is 11.0. The summed E-state index contributed by atoms with van der Waals surface area (Å²) in [6.07, 6.45) is 1.52. The van der Waals surface area contributed by atoms with Crippen LogP contribution in [0.2, 0.25) is 5.02 Å². The van der Waals surface area contributed by atoms with Gasteiger partial charge in [-0.15, -0.1) is 5.10 Å². The second-order valence-corrected chi connectivity index (χ2v) is 3.09. The summed E-state index contributed by atoms with van der Waals surface area (Å²) in [4.78, 5) is 14.9. The molecule has 2 aromatic heterocycles. The number of hydrogen-bond donors (Lipinski definition) is 0. The molecule has 0 fully saturated rings. The second kappa shape index (κ2) is 3.26. The van der Waals surface area contributed by atoms with E-state index in [9.17, 15) is 4.79 Å². The molecule has 0 spiro atoms. The van der Waals surface area contributed by atoms with Gasteiger partial charge in [-0.3, -0.25) is 4.98 Å². The zero-order chi connectivity index (χ0) is 10.1. The molecule has 6 heteroatoms. The molecule has 0 aliphatic carbocycles. The molecule has 72 valence electrons. The largest absolute Gasteiger partial charge is 0.437 e. The summed E-state index contributed by atoms with van der Waals surface area (Å²) in [5, 5.41) is 4.35. The molecular formula is C8H6ClN3O2. The van der Waals surface area contributed by atoms with Crippen molar-refractivity contribution >= 4 is 11.6 Å². The van der Waals surface area contributed by atoms with Crippen molar-refractivity contribution in [2.45, 2.75) is 0 Å². The summed E-state index contributed by atoms with van der Waals surface area (Å²) >= 11 is 5.75. The van der Waals surface area contributed by atoms with Gasteiger partial charge in [-0.2, -0.15) is 4.68 Å². The first kappa shape index (κ1) is 8.96. The molecule has 0 aliphatic heterocycles. The van der Waals surface area contributed by atoms with Gasteiger partial charge in [0.15, 0.2) is 0 Å². The first-order chi connectivity index (χ1) is 6.66. The van der Waals surface area contributed by atoms with Gasteiger partial charge in [-0.05, 0) is 12.1 Å². The van der Waals surface area contributed by atoms with E-state index >= 15 is 0 Å². The van der Waals surface area contributed by atoms with Crippen molar-refractivity contribution in [2.75, 3.05) is 0 Å². The molecule has 0 amide bonds. The third-order valence-electron chi connectivity index (χ3n) is 1.63. The molecule has 14 heavy (non-hydrogen) atoms. The van der Waals surface area contributed by atoms with E-state index in [0.717, 1.165) is 4.68 Å². The third kappa shape index (κ3) is 1.54. The minimum absolute atomic E-state index is 0.167. The first-order valence-corrected chi connectivity index (χ1v) is 4.20. The lowest BCUT2D eigenvalue weighted by molar-refractivity contribution is 0.504. The normalized spacial score (nSPS) is 10.4. The Morgan fingerprint density at radius 3 is 2.93 bits per heavy atom. The number of aromatic nitrogens is 3. The lowest BCUT2D eigenvalue weighted by atomic mass is 10.3. The van der Waals surface area contributed by atoms with Crippen molar-refractivity contribution in [3.8, 4) is 11.6 Å². The van der Waals surface area contributed by atoms with Crippen LogP contribution >= 0.6 is 11.6 Å². The maximum Gasteiger partial charge on any atom is 0.437 e. The molecule has 0 N–H and O–H groups in total. The highest BCUT2D eigenvalue weighted by Gasteiger charge is 2.08. The number of rotatable bonds is 1. The van der Waals surface area contributed by atoms with Gasteiger partial charge in [-0.1, -0.05) is 11.6 Å². The molecule has 2 rings (SSSR count). The van der Waals surface area contributed by atoms with Crippen molar-refractivity contribution in [3.63, 3.8) is 0 Å². The number of aryl methyl sites for hydroxylation is 1. The Labute approximate surface area is 83.9 Å². The average Bonchev–Trinajstić information content (AvgIpc) is 2.47. The van der Waals surface area contributed by atoms with Gasteiger partial charge in [0.05, 0.1) is 0 Å². The summed E-state index contributed by atoms with van der Waals surface area (Å²) in [7, 11) is 1.50. The van der Waals surface area contributed by atoms with Gasteiger partial charge < -0.3 is 4.42 Å². The maximum absolute atomic E-state index is 11.0. The molecule has 2 aromatic rings. The van der Waals surface area contributed by atoms with Gasteiger partial charge in [0.2, 0.25) is 0 Å². The van der Waals surface area contributed by atoms with Crippen LogP contribution in [0.1, 0.15) is 0 Å². The fraction of sp³-hybridized carbons (Fsp3) is 0.125. The highest BCUT2D eigenvalue weighted by Crippen LogP contribution is 2.16. The topological polar surface area (TPSA) is 60.9 Å². The molecule has 0 bridgehead atoms. The molecule has 0 aliphatic rings. The van der Waals surface area contributed by atoms with Crippen LogP contribution < -0.4 is 5.76 Å². The van der Waals surface area contributed by atoms with E-state index < -0.39 is 5.76 Å². The van der Waals surface area contributed by atoms with Crippen LogP contribution in [0.25, 0.3) is 11.6 Å². The van der Waals surface area contributed by atoms with Crippen molar-refractivity contribution in [1.29, 1.82) is 0 Å². The van der Waals surface area contributed by atoms with Crippen LogP contribution in [0.4, 0.5) is 0 Å². The van der Waals surface area contributed by atoms with E-state index in [4.69, 9.17) is 16.0 Å². The minimum Gasteiger partial charge on any atom is -0.386 e. The fourth-order valence-electron chi connectivity index (χ4n) is 0.971. The van der Waals surface area contributed by atoms with Crippen molar-refractivity contribution in [1.82, 2.24) is 14.8 Å². The summed E-state index contributed by atoms with van der Waals surface area (Å²) in [6, 6.07) is 3.21. The Kier molecular flexibility index (Phi) is 2.09. The van der Waals surface area contributed by atoms with Gasteiger partial charge >= 0.3 is 5.76 Å². The lowest BCUT2D eigenvalue weighted by Crippen LogP contribution is -2.09.